The van der Waals surface area contributed by atoms with Gasteiger partial charge in [0.1, 0.15) is 18.8 Å². The maximum Gasteiger partial charge on any atom is 0.238 e. The van der Waals surface area contributed by atoms with Crippen molar-refractivity contribution in [1.82, 2.24) is 0 Å². The first-order valence-corrected chi connectivity index (χ1v) is 5.74. The molecular weight excluding hydrogens is 232 g/mol. The number of rotatable bonds is 7. The van der Waals surface area contributed by atoms with Gasteiger partial charge in [-0.1, -0.05) is 12.1 Å². The highest BCUT2D eigenvalue weighted by atomic mass is 16.5. The normalized spacial score (nSPS) is 9.56. The van der Waals surface area contributed by atoms with E-state index in [0.29, 0.717) is 31.3 Å². The lowest BCUT2D eigenvalue weighted by Crippen LogP contribution is -2.12. The van der Waals surface area contributed by atoms with Crippen molar-refractivity contribution in [3.8, 4) is 11.8 Å². The van der Waals surface area contributed by atoms with E-state index < -0.39 is 0 Å². The van der Waals surface area contributed by atoms with Gasteiger partial charge >= 0.3 is 0 Å². The highest BCUT2D eigenvalue weighted by Gasteiger charge is 2.06. The van der Waals surface area contributed by atoms with E-state index in [1.807, 2.05) is 13.0 Å². The van der Waals surface area contributed by atoms with E-state index in [2.05, 4.69) is 5.32 Å². The molecule has 5 nitrogen and oxygen atoms in total. The van der Waals surface area contributed by atoms with Crippen LogP contribution in [-0.2, 0) is 9.53 Å². The van der Waals surface area contributed by atoms with Crippen LogP contribution in [0.15, 0.2) is 24.3 Å². The SMILES string of the molecule is CCOCCOc1ccccc1NC(=O)CC#N. The maximum atomic E-state index is 11.3. The van der Waals surface area contributed by atoms with E-state index in [1.165, 1.54) is 0 Å². The Balaban J connectivity index is 2.56. The van der Waals surface area contributed by atoms with Crippen molar-refractivity contribution in [2.75, 3.05) is 25.1 Å². The number of carbonyl (C=O) groups excluding carboxylic acids is 1. The van der Waals surface area contributed by atoms with E-state index in [9.17, 15) is 4.79 Å². The summed E-state index contributed by atoms with van der Waals surface area (Å²) in [5.41, 5.74) is 0.564. The van der Waals surface area contributed by atoms with E-state index in [0.717, 1.165) is 0 Å². The average molecular weight is 248 g/mol. The molecule has 0 aliphatic heterocycles. The van der Waals surface area contributed by atoms with Gasteiger partial charge in [0.25, 0.3) is 0 Å². The molecule has 96 valence electrons. The smallest absolute Gasteiger partial charge is 0.238 e. The number of amides is 1. The van der Waals surface area contributed by atoms with Crippen LogP contribution in [0.25, 0.3) is 0 Å². The zero-order chi connectivity index (χ0) is 13.2. The Bertz CT molecular complexity index is 426. The number of ether oxygens (including phenoxy) is 2. The predicted octanol–water partition coefficient (Wildman–Crippen LogP) is 1.95. The molecule has 0 fully saturated rings. The van der Waals surface area contributed by atoms with Crippen LogP contribution >= 0.6 is 0 Å². The number of anilines is 1. The summed E-state index contributed by atoms with van der Waals surface area (Å²) in [5, 5.41) is 11.1. The Kier molecular flexibility index (Phi) is 6.30. The molecule has 0 unspecified atom stereocenters. The first kappa shape index (κ1) is 14.0. The monoisotopic (exact) mass is 248 g/mol. The molecule has 0 aromatic heterocycles. The van der Waals surface area contributed by atoms with Gasteiger partial charge in [-0.05, 0) is 19.1 Å². The molecule has 18 heavy (non-hydrogen) atoms. The molecule has 1 amide bonds. The Morgan fingerprint density at radius 3 is 2.89 bits per heavy atom. The molecule has 0 aliphatic rings. The Morgan fingerprint density at radius 1 is 1.39 bits per heavy atom. The summed E-state index contributed by atoms with van der Waals surface area (Å²) in [4.78, 5) is 11.3. The van der Waals surface area contributed by atoms with Gasteiger partial charge in [-0.15, -0.1) is 0 Å². The Hall–Kier alpha value is -2.06. The van der Waals surface area contributed by atoms with Gasteiger partial charge in [-0.25, -0.2) is 0 Å². The summed E-state index contributed by atoms with van der Waals surface area (Å²) >= 11 is 0. The van der Waals surface area contributed by atoms with Crippen molar-refractivity contribution in [2.45, 2.75) is 13.3 Å². The molecular formula is C13H16N2O3. The van der Waals surface area contributed by atoms with Gasteiger partial charge in [-0.3, -0.25) is 4.79 Å². The molecule has 0 aliphatic carbocycles. The molecule has 0 bridgehead atoms. The number of nitriles is 1. The first-order valence-electron chi connectivity index (χ1n) is 5.74. The first-order chi connectivity index (χ1) is 8.77. The maximum absolute atomic E-state index is 11.3. The summed E-state index contributed by atoms with van der Waals surface area (Å²) in [5.74, 6) is 0.224. The standard InChI is InChI=1S/C13H16N2O3/c1-2-17-9-10-18-12-6-4-3-5-11(12)15-13(16)7-8-14/h3-6H,2,7,9-10H2,1H3,(H,15,16). The number of hydrogen-bond donors (Lipinski definition) is 1. The van der Waals surface area contributed by atoms with E-state index >= 15 is 0 Å². The number of carbonyl (C=O) groups is 1. The van der Waals surface area contributed by atoms with Gasteiger partial charge in [0.2, 0.25) is 5.91 Å². The van der Waals surface area contributed by atoms with E-state index in [4.69, 9.17) is 14.7 Å². The third-order valence-corrected chi connectivity index (χ3v) is 2.09. The second-order valence-corrected chi connectivity index (χ2v) is 3.42. The fraction of sp³-hybridized carbons (Fsp3) is 0.385. The molecule has 1 aromatic rings. The zero-order valence-corrected chi connectivity index (χ0v) is 10.3. The van der Waals surface area contributed by atoms with Crippen LogP contribution in [0, 0.1) is 11.3 Å². The number of nitrogens with one attached hydrogen (secondary N) is 1. The van der Waals surface area contributed by atoms with Crippen molar-refractivity contribution in [2.24, 2.45) is 0 Å². The molecule has 0 spiro atoms. The second kappa shape index (κ2) is 8.09. The van der Waals surface area contributed by atoms with Crippen LogP contribution in [0.1, 0.15) is 13.3 Å². The van der Waals surface area contributed by atoms with Crippen LogP contribution in [0.5, 0.6) is 5.75 Å². The second-order valence-electron chi connectivity index (χ2n) is 3.42. The lowest BCUT2D eigenvalue weighted by atomic mass is 10.3. The fourth-order valence-electron chi connectivity index (χ4n) is 1.32. The van der Waals surface area contributed by atoms with Crippen molar-refractivity contribution in [3.63, 3.8) is 0 Å². The molecule has 5 heteroatoms. The summed E-state index contributed by atoms with van der Waals surface area (Å²) in [6.45, 7) is 3.47. The van der Waals surface area contributed by atoms with Crippen LogP contribution in [0.3, 0.4) is 0 Å². The number of nitrogens with zero attached hydrogens (tertiary/aromatic N) is 1. The summed E-state index contributed by atoms with van der Waals surface area (Å²) in [6, 6.07) is 8.88. The van der Waals surface area contributed by atoms with Crippen LogP contribution in [0.4, 0.5) is 5.69 Å². The minimum atomic E-state index is -0.349. The molecule has 0 radical (unpaired) electrons. The Morgan fingerprint density at radius 2 is 2.17 bits per heavy atom. The molecule has 0 saturated heterocycles. The van der Waals surface area contributed by atoms with Crippen molar-refractivity contribution < 1.29 is 14.3 Å². The average Bonchev–Trinajstić information content (AvgIpc) is 2.37. The molecule has 0 saturated carbocycles. The van der Waals surface area contributed by atoms with E-state index in [1.54, 1.807) is 24.3 Å². The van der Waals surface area contributed by atoms with Crippen molar-refractivity contribution >= 4 is 11.6 Å². The largest absolute Gasteiger partial charge is 0.489 e. The summed E-state index contributed by atoms with van der Waals surface area (Å²) < 4.78 is 10.7. The van der Waals surface area contributed by atoms with Crippen LogP contribution in [0.2, 0.25) is 0 Å². The molecule has 0 atom stereocenters. The summed E-state index contributed by atoms with van der Waals surface area (Å²) in [6.07, 6.45) is -0.173. The van der Waals surface area contributed by atoms with Crippen molar-refractivity contribution in [1.29, 1.82) is 5.26 Å². The molecule has 1 N–H and O–H groups in total. The third-order valence-electron chi connectivity index (χ3n) is 2.09. The minimum absolute atomic E-state index is 0.173. The number of hydrogen-bond acceptors (Lipinski definition) is 4. The van der Waals surface area contributed by atoms with E-state index in [-0.39, 0.29) is 12.3 Å². The van der Waals surface area contributed by atoms with Crippen LogP contribution < -0.4 is 10.1 Å². The van der Waals surface area contributed by atoms with Crippen molar-refractivity contribution in [3.05, 3.63) is 24.3 Å². The van der Waals surface area contributed by atoms with Gasteiger partial charge < -0.3 is 14.8 Å². The lowest BCUT2D eigenvalue weighted by Gasteiger charge is -2.11. The predicted molar refractivity (Wildman–Crippen MR) is 67.3 cm³/mol. The van der Waals surface area contributed by atoms with Gasteiger partial charge in [0.15, 0.2) is 0 Å². The number of benzene rings is 1. The molecule has 1 rings (SSSR count). The third kappa shape index (κ3) is 4.85. The molecule has 1 aromatic carbocycles. The topological polar surface area (TPSA) is 71.3 Å². The fourth-order valence-corrected chi connectivity index (χ4v) is 1.32. The van der Waals surface area contributed by atoms with Gasteiger partial charge in [-0.2, -0.15) is 5.26 Å². The molecule has 0 heterocycles. The minimum Gasteiger partial charge on any atom is -0.489 e. The van der Waals surface area contributed by atoms with Gasteiger partial charge in [0, 0.05) is 6.61 Å². The van der Waals surface area contributed by atoms with Crippen LogP contribution in [-0.4, -0.2) is 25.7 Å². The highest BCUT2D eigenvalue weighted by Crippen LogP contribution is 2.23. The number of para-hydroxylation sites is 2. The Labute approximate surface area is 106 Å². The highest BCUT2D eigenvalue weighted by molar-refractivity contribution is 5.93. The lowest BCUT2D eigenvalue weighted by molar-refractivity contribution is -0.115. The van der Waals surface area contributed by atoms with Gasteiger partial charge in [0.05, 0.1) is 18.4 Å². The summed E-state index contributed by atoms with van der Waals surface area (Å²) in [7, 11) is 0. The quantitative estimate of drug-likeness (QED) is 0.749. The zero-order valence-electron chi connectivity index (χ0n) is 10.3.